The van der Waals surface area contributed by atoms with Crippen LogP contribution >= 0.6 is 0 Å². The van der Waals surface area contributed by atoms with Crippen molar-refractivity contribution in [2.24, 2.45) is 0 Å². The maximum atomic E-state index is 13.3. The zero-order valence-electron chi connectivity index (χ0n) is 21.1. The van der Waals surface area contributed by atoms with Crippen LogP contribution in [0.2, 0.25) is 0 Å². The van der Waals surface area contributed by atoms with E-state index < -0.39 is 53.8 Å². The van der Waals surface area contributed by atoms with Gasteiger partial charge < -0.3 is 30.9 Å². The molecule has 0 radical (unpaired) electrons. The number of aliphatic hydroxyl groups excluding tert-OH is 1. The molecule has 1 aliphatic rings. The van der Waals surface area contributed by atoms with E-state index in [0.717, 1.165) is 18.6 Å². The van der Waals surface area contributed by atoms with Crippen molar-refractivity contribution < 1.29 is 32.7 Å². The fourth-order valence-electron chi connectivity index (χ4n) is 3.53. The predicted octanol–water partition coefficient (Wildman–Crippen LogP) is 2.66. The Morgan fingerprint density at radius 1 is 1.19 bits per heavy atom. The lowest BCUT2D eigenvalue weighted by Crippen LogP contribution is -2.52. The fraction of sp³-hybridized carbons (Fsp3) is 0.625. The van der Waals surface area contributed by atoms with Gasteiger partial charge >= 0.3 is 12.2 Å². The number of benzene rings is 1. The van der Waals surface area contributed by atoms with E-state index >= 15 is 0 Å². The zero-order chi connectivity index (χ0) is 27.0. The summed E-state index contributed by atoms with van der Waals surface area (Å²) < 4.78 is 39.8. The molecule has 9 nitrogen and oxygen atoms in total. The van der Waals surface area contributed by atoms with E-state index in [4.69, 9.17) is 0 Å². The van der Waals surface area contributed by atoms with Gasteiger partial charge in [0.15, 0.2) is 0 Å². The number of halogens is 3. The Kier molecular flexibility index (Phi) is 10.5. The first-order valence-electron chi connectivity index (χ1n) is 12.1. The van der Waals surface area contributed by atoms with Crippen LogP contribution in [0.5, 0.6) is 0 Å². The second kappa shape index (κ2) is 12.9. The number of aliphatic hydroxyl groups is 1. The molecule has 1 aromatic carbocycles. The largest absolute Gasteiger partial charge is 0.416 e. The van der Waals surface area contributed by atoms with Crippen LogP contribution in [-0.2, 0) is 11.0 Å². The molecule has 0 saturated carbocycles. The van der Waals surface area contributed by atoms with Crippen molar-refractivity contribution in [2.45, 2.75) is 64.4 Å². The molecule has 1 aromatic rings. The maximum Gasteiger partial charge on any atom is 0.416 e. The lowest BCUT2D eigenvalue weighted by atomic mass is 10.1. The lowest BCUT2D eigenvalue weighted by Gasteiger charge is -2.31. The molecule has 2 rings (SSSR count). The molecule has 0 bridgehead atoms. The maximum absolute atomic E-state index is 13.3. The van der Waals surface area contributed by atoms with Crippen molar-refractivity contribution in [3.8, 4) is 0 Å². The Balaban J connectivity index is 2.12. The van der Waals surface area contributed by atoms with Crippen molar-refractivity contribution in [2.75, 3.05) is 38.5 Å². The van der Waals surface area contributed by atoms with Gasteiger partial charge in [-0.1, -0.05) is 13.3 Å². The lowest BCUT2D eigenvalue weighted by molar-refractivity contribution is -0.137. The number of likely N-dealkylation sites (N-methyl/N-ethyl adjacent to an activating group) is 1. The van der Waals surface area contributed by atoms with Gasteiger partial charge in [-0.25, -0.2) is 4.79 Å². The Morgan fingerprint density at radius 2 is 1.86 bits per heavy atom. The highest BCUT2D eigenvalue weighted by atomic mass is 19.4. The molecule has 0 aromatic heterocycles. The molecule has 1 fully saturated rings. The fourth-order valence-corrected chi connectivity index (χ4v) is 3.53. The van der Waals surface area contributed by atoms with Gasteiger partial charge in [0.25, 0.3) is 5.91 Å². The summed E-state index contributed by atoms with van der Waals surface area (Å²) in [7, 11) is 1.86. The third-order valence-corrected chi connectivity index (χ3v) is 6.15. The number of carbonyl (C=O) groups is 3. The predicted molar refractivity (Wildman–Crippen MR) is 130 cm³/mol. The van der Waals surface area contributed by atoms with E-state index in [1.165, 1.54) is 4.90 Å². The minimum Gasteiger partial charge on any atom is -0.391 e. The van der Waals surface area contributed by atoms with Crippen molar-refractivity contribution in [3.63, 3.8) is 0 Å². The van der Waals surface area contributed by atoms with Gasteiger partial charge in [0.2, 0.25) is 5.91 Å². The van der Waals surface area contributed by atoms with Gasteiger partial charge in [0.05, 0.1) is 35.5 Å². The monoisotopic (exact) mass is 515 g/mol. The molecular formula is C24H36F3N5O4. The summed E-state index contributed by atoms with van der Waals surface area (Å²) in [6.07, 6.45) is -3.51. The van der Waals surface area contributed by atoms with E-state index in [9.17, 15) is 32.7 Å². The minimum atomic E-state index is -4.70. The number of likely N-dealkylation sites (tertiary alicyclic amines) is 1. The van der Waals surface area contributed by atoms with Crippen LogP contribution in [0.25, 0.3) is 0 Å². The first kappa shape index (κ1) is 29.4. The highest BCUT2D eigenvalue weighted by Gasteiger charge is 2.32. The van der Waals surface area contributed by atoms with E-state index in [-0.39, 0.29) is 11.7 Å². The number of rotatable bonds is 11. The SMILES string of the molecule is CCCC(O)C(CN(C)C(C)C)NC(=O)CNC(=O)c1cc(C(F)(F)F)ccc1NC(=O)N1CCC1. The second-order valence-corrected chi connectivity index (χ2v) is 9.27. The number of alkyl halides is 3. The topological polar surface area (TPSA) is 114 Å². The molecule has 2 atom stereocenters. The van der Waals surface area contributed by atoms with Crippen LogP contribution in [0.3, 0.4) is 0 Å². The summed E-state index contributed by atoms with van der Waals surface area (Å²) in [6, 6.07) is 1.50. The van der Waals surface area contributed by atoms with Crippen LogP contribution in [0.15, 0.2) is 18.2 Å². The molecule has 1 saturated heterocycles. The van der Waals surface area contributed by atoms with Gasteiger partial charge in [0, 0.05) is 25.7 Å². The summed E-state index contributed by atoms with van der Waals surface area (Å²) in [5, 5.41) is 18.0. The summed E-state index contributed by atoms with van der Waals surface area (Å²) in [5.41, 5.74) is -1.56. The van der Waals surface area contributed by atoms with E-state index in [2.05, 4.69) is 16.0 Å². The number of urea groups is 1. The first-order chi connectivity index (χ1) is 16.8. The number of anilines is 1. The Morgan fingerprint density at radius 3 is 2.39 bits per heavy atom. The normalized spacial score (nSPS) is 15.3. The molecule has 202 valence electrons. The minimum absolute atomic E-state index is 0.0902. The molecule has 4 N–H and O–H groups in total. The number of amides is 4. The molecule has 2 unspecified atom stereocenters. The molecule has 0 spiro atoms. The quantitative estimate of drug-likeness (QED) is 0.362. The van der Waals surface area contributed by atoms with Crippen LogP contribution in [0.1, 0.15) is 56.0 Å². The summed E-state index contributed by atoms with van der Waals surface area (Å²) in [4.78, 5) is 41.0. The van der Waals surface area contributed by atoms with Crippen LogP contribution in [-0.4, -0.2) is 84.2 Å². The smallest absolute Gasteiger partial charge is 0.391 e. The summed E-state index contributed by atoms with van der Waals surface area (Å²) >= 11 is 0. The zero-order valence-corrected chi connectivity index (χ0v) is 21.1. The molecule has 36 heavy (non-hydrogen) atoms. The average Bonchev–Trinajstić information content (AvgIpc) is 2.75. The highest BCUT2D eigenvalue weighted by Crippen LogP contribution is 2.32. The molecule has 1 aliphatic heterocycles. The summed E-state index contributed by atoms with van der Waals surface area (Å²) in [5.74, 6) is -1.54. The standard InChI is InChI=1S/C24H36F3N5O4/c1-5-7-20(33)19(14-31(4)15(2)3)29-21(34)13-28-22(35)17-12-16(24(25,26)27)8-9-18(17)30-23(36)32-10-6-11-32/h8-9,12,15,19-20,33H,5-7,10-11,13-14H2,1-4H3,(H,28,35)(H,29,34)(H,30,36). The van der Waals surface area contributed by atoms with Crippen molar-refractivity contribution in [1.82, 2.24) is 20.4 Å². The number of carbonyl (C=O) groups excluding carboxylic acids is 3. The van der Waals surface area contributed by atoms with Crippen molar-refractivity contribution in [3.05, 3.63) is 29.3 Å². The van der Waals surface area contributed by atoms with Gasteiger partial charge in [0.1, 0.15) is 0 Å². The van der Waals surface area contributed by atoms with Crippen molar-refractivity contribution in [1.29, 1.82) is 0 Å². The van der Waals surface area contributed by atoms with Gasteiger partial charge in [-0.3, -0.25) is 9.59 Å². The van der Waals surface area contributed by atoms with Gasteiger partial charge in [-0.2, -0.15) is 13.2 Å². The highest BCUT2D eigenvalue weighted by molar-refractivity contribution is 6.04. The molecule has 4 amide bonds. The Hall–Kier alpha value is -2.86. The summed E-state index contributed by atoms with van der Waals surface area (Å²) in [6.45, 7) is 6.74. The third-order valence-electron chi connectivity index (χ3n) is 6.15. The Labute approximate surface area is 209 Å². The van der Waals surface area contributed by atoms with Gasteiger partial charge in [-0.15, -0.1) is 0 Å². The van der Waals surface area contributed by atoms with E-state index in [0.29, 0.717) is 38.5 Å². The average molecular weight is 516 g/mol. The van der Waals surface area contributed by atoms with Crippen LogP contribution in [0.4, 0.5) is 23.7 Å². The molecule has 12 heteroatoms. The second-order valence-electron chi connectivity index (χ2n) is 9.27. The molecular weight excluding hydrogens is 479 g/mol. The number of hydrogen-bond acceptors (Lipinski definition) is 5. The van der Waals surface area contributed by atoms with Crippen molar-refractivity contribution >= 4 is 23.5 Å². The number of nitrogens with zero attached hydrogens (tertiary/aromatic N) is 2. The third kappa shape index (κ3) is 8.37. The van der Waals surface area contributed by atoms with Gasteiger partial charge in [-0.05, 0) is 51.9 Å². The van der Waals surface area contributed by atoms with E-state index in [1.54, 1.807) is 0 Å². The number of hydrogen-bond donors (Lipinski definition) is 4. The Bertz CT molecular complexity index is 922. The van der Waals surface area contributed by atoms with Crippen LogP contribution < -0.4 is 16.0 Å². The molecule has 1 heterocycles. The van der Waals surface area contributed by atoms with Crippen LogP contribution in [0, 0.1) is 0 Å². The first-order valence-corrected chi connectivity index (χ1v) is 12.1. The molecule has 0 aliphatic carbocycles. The van der Waals surface area contributed by atoms with E-state index in [1.807, 2.05) is 32.7 Å². The number of nitrogens with one attached hydrogen (secondary N) is 3.